The maximum Gasteiger partial charge on any atom is 0.416 e. The molecule has 3 aromatic carbocycles. The van der Waals surface area contributed by atoms with Crippen LogP contribution in [0.3, 0.4) is 0 Å². The van der Waals surface area contributed by atoms with E-state index in [4.69, 9.17) is 4.74 Å². The number of H-pyrrole nitrogens is 1. The number of anilines is 4. The molecule has 5 N–H and O–H groups in total. The van der Waals surface area contributed by atoms with Crippen molar-refractivity contribution >= 4 is 45.9 Å². The number of para-hydroxylation sites is 2. The molecular formula is C33H30F3N5O4. The number of carbonyl (C=O) groups is 2. The van der Waals surface area contributed by atoms with Crippen LogP contribution in [0.15, 0.2) is 91.1 Å². The van der Waals surface area contributed by atoms with E-state index in [-0.39, 0.29) is 11.3 Å². The molecule has 9 nitrogen and oxygen atoms in total. The van der Waals surface area contributed by atoms with Crippen LogP contribution in [0.25, 0.3) is 11.0 Å². The van der Waals surface area contributed by atoms with Gasteiger partial charge < -0.3 is 25.5 Å². The van der Waals surface area contributed by atoms with Crippen molar-refractivity contribution < 1.29 is 32.6 Å². The second-order valence-electron chi connectivity index (χ2n) is 11.2. The van der Waals surface area contributed by atoms with E-state index in [1.165, 1.54) is 24.3 Å². The minimum atomic E-state index is -4.54. The number of hydrogen-bond donors (Lipinski definition) is 5. The number of aliphatic hydroxyl groups is 1. The van der Waals surface area contributed by atoms with Gasteiger partial charge in [-0.15, -0.1) is 0 Å². The predicted molar refractivity (Wildman–Crippen MR) is 166 cm³/mol. The van der Waals surface area contributed by atoms with Gasteiger partial charge in [-0.25, -0.2) is 9.78 Å². The number of hydrogen-bond acceptors (Lipinski definition) is 6. The molecule has 232 valence electrons. The number of halogens is 3. The molecule has 0 aliphatic carbocycles. The predicted octanol–water partition coefficient (Wildman–Crippen LogP) is 8.01. The average molecular weight is 618 g/mol. The topological polar surface area (TPSA) is 128 Å². The van der Waals surface area contributed by atoms with Gasteiger partial charge in [-0.2, -0.15) is 13.2 Å². The van der Waals surface area contributed by atoms with Gasteiger partial charge in [0.15, 0.2) is 0 Å². The minimum absolute atomic E-state index is 0.00358. The first-order valence-electron chi connectivity index (χ1n) is 13.9. The van der Waals surface area contributed by atoms with Crippen LogP contribution in [0.5, 0.6) is 0 Å². The molecule has 0 radical (unpaired) electrons. The van der Waals surface area contributed by atoms with Gasteiger partial charge in [0, 0.05) is 28.4 Å². The van der Waals surface area contributed by atoms with Crippen molar-refractivity contribution in [3.63, 3.8) is 0 Å². The molecule has 0 bridgehead atoms. The third-order valence-corrected chi connectivity index (χ3v) is 6.60. The fourth-order valence-electron chi connectivity index (χ4n) is 4.58. The van der Waals surface area contributed by atoms with Crippen LogP contribution in [0.1, 0.15) is 53.9 Å². The molecule has 2 heterocycles. The van der Waals surface area contributed by atoms with Crippen molar-refractivity contribution in [2.45, 2.75) is 38.7 Å². The highest BCUT2D eigenvalue weighted by atomic mass is 19.4. The maximum absolute atomic E-state index is 13.1. The van der Waals surface area contributed by atoms with Crippen molar-refractivity contribution in [1.82, 2.24) is 9.97 Å². The second kappa shape index (κ2) is 12.3. The molecule has 2 aromatic heterocycles. The van der Waals surface area contributed by atoms with Crippen molar-refractivity contribution in [1.29, 1.82) is 0 Å². The first kappa shape index (κ1) is 31.1. The number of ether oxygens (including phenoxy) is 1. The Bertz CT molecular complexity index is 1860. The van der Waals surface area contributed by atoms with E-state index in [0.717, 1.165) is 12.1 Å². The molecule has 1 atom stereocenters. The van der Waals surface area contributed by atoms with Gasteiger partial charge in [-0.3, -0.25) is 10.1 Å². The first-order chi connectivity index (χ1) is 21.3. The molecule has 5 aromatic rings. The summed E-state index contributed by atoms with van der Waals surface area (Å²) in [6, 6.07) is 21.1. The molecule has 0 aliphatic rings. The Hall–Kier alpha value is -5.36. The lowest BCUT2D eigenvalue weighted by Crippen LogP contribution is -2.27. The summed E-state index contributed by atoms with van der Waals surface area (Å²) in [5, 5.41) is 20.3. The van der Waals surface area contributed by atoms with Crippen LogP contribution in [0.4, 0.5) is 40.8 Å². The molecule has 1 unspecified atom stereocenters. The summed E-state index contributed by atoms with van der Waals surface area (Å²) in [7, 11) is 0. The van der Waals surface area contributed by atoms with Gasteiger partial charge in [0.25, 0.3) is 5.91 Å². The number of nitrogens with one attached hydrogen (secondary N) is 4. The van der Waals surface area contributed by atoms with Gasteiger partial charge >= 0.3 is 12.3 Å². The zero-order valence-electron chi connectivity index (χ0n) is 24.5. The number of carbonyl (C=O) groups excluding carboxylic acids is 2. The van der Waals surface area contributed by atoms with Crippen LogP contribution in [0, 0.1) is 0 Å². The van der Waals surface area contributed by atoms with E-state index < -0.39 is 35.4 Å². The zero-order valence-corrected chi connectivity index (χ0v) is 24.5. The number of nitrogens with zero attached hydrogens (tertiary/aromatic N) is 1. The lowest BCUT2D eigenvalue weighted by Gasteiger charge is -2.20. The van der Waals surface area contributed by atoms with Crippen molar-refractivity contribution in [2.24, 2.45) is 0 Å². The van der Waals surface area contributed by atoms with Crippen LogP contribution < -0.4 is 16.0 Å². The minimum Gasteiger partial charge on any atom is -0.444 e. The molecule has 5 rings (SSSR count). The van der Waals surface area contributed by atoms with Crippen LogP contribution >= 0.6 is 0 Å². The van der Waals surface area contributed by atoms with Crippen LogP contribution in [0.2, 0.25) is 0 Å². The summed E-state index contributed by atoms with van der Waals surface area (Å²) in [6.45, 7) is 5.32. The number of amides is 2. The van der Waals surface area contributed by atoms with Crippen LogP contribution in [-0.4, -0.2) is 32.7 Å². The summed E-state index contributed by atoms with van der Waals surface area (Å²) in [4.78, 5) is 32.8. The van der Waals surface area contributed by atoms with E-state index >= 15 is 0 Å². The summed E-state index contributed by atoms with van der Waals surface area (Å²) >= 11 is 0. The average Bonchev–Trinajstić information content (AvgIpc) is 3.40. The monoisotopic (exact) mass is 617 g/mol. The zero-order chi connectivity index (χ0) is 32.4. The number of aromatic nitrogens is 2. The Labute approximate surface area is 256 Å². The molecule has 0 saturated heterocycles. The summed E-state index contributed by atoms with van der Waals surface area (Å²) in [5.74, 6) is -0.154. The number of alkyl halides is 3. The SMILES string of the molecule is CC(C)(C)OC(=O)Nc1ccccc1Nc1ccc2c(C(O)c3cccc(C(=O)Nc4cccc(C(F)(F)F)c4)c3)c[nH]c2n1. The fraction of sp³-hybridized carbons (Fsp3) is 0.182. The maximum atomic E-state index is 13.1. The number of pyridine rings is 1. The number of fused-ring (bicyclic) bond motifs is 1. The van der Waals surface area contributed by atoms with Gasteiger partial charge in [0.1, 0.15) is 23.2 Å². The molecule has 0 fully saturated rings. The Kier molecular flexibility index (Phi) is 8.51. The van der Waals surface area contributed by atoms with Crippen molar-refractivity contribution in [2.75, 3.05) is 16.0 Å². The van der Waals surface area contributed by atoms with E-state index in [1.54, 1.807) is 75.5 Å². The third kappa shape index (κ3) is 7.60. The van der Waals surface area contributed by atoms with E-state index in [1.807, 2.05) is 0 Å². The molecule has 0 spiro atoms. The van der Waals surface area contributed by atoms with Crippen molar-refractivity contribution in [3.05, 3.63) is 113 Å². The van der Waals surface area contributed by atoms with E-state index in [0.29, 0.717) is 39.4 Å². The highest BCUT2D eigenvalue weighted by molar-refractivity contribution is 6.04. The Morgan fingerprint density at radius 1 is 0.889 bits per heavy atom. The summed E-state index contributed by atoms with van der Waals surface area (Å²) in [6.07, 6.45) is -4.67. The van der Waals surface area contributed by atoms with Gasteiger partial charge in [-0.05, 0) is 80.9 Å². The normalized spacial score (nSPS) is 12.4. The number of aromatic amines is 1. The van der Waals surface area contributed by atoms with Gasteiger partial charge in [0.05, 0.1) is 16.9 Å². The van der Waals surface area contributed by atoms with Gasteiger partial charge in [-0.1, -0.05) is 30.3 Å². The first-order valence-corrected chi connectivity index (χ1v) is 13.9. The molecular weight excluding hydrogens is 587 g/mol. The summed E-state index contributed by atoms with van der Waals surface area (Å²) < 4.78 is 44.6. The quantitative estimate of drug-likeness (QED) is 0.126. The fourth-order valence-corrected chi connectivity index (χ4v) is 4.58. The Morgan fingerprint density at radius 3 is 2.36 bits per heavy atom. The molecule has 0 saturated carbocycles. The largest absolute Gasteiger partial charge is 0.444 e. The standard InChI is InChI=1S/C33H30F3N5O4/c1-32(2,3)45-31(44)40-26-13-5-4-12-25(26)39-27-15-14-23-24(18-37-29(23)41-27)28(42)19-8-6-9-20(16-19)30(43)38-22-11-7-10-21(17-22)33(34,35)36/h4-18,28,42H,1-3H3,(H,38,43)(H,40,44)(H2,37,39,41). The van der Waals surface area contributed by atoms with E-state index in [9.17, 15) is 27.9 Å². The molecule has 2 amide bonds. The second-order valence-corrected chi connectivity index (χ2v) is 11.2. The highest BCUT2D eigenvalue weighted by Crippen LogP contribution is 2.33. The van der Waals surface area contributed by atoms with E-state index in [2.05, 4.69) is 25.9 Å². The third-order valence-electron chi connectivity index (χ3n) is 6.60. The molecule has 12 heteroatoms. The Balaban J connectivity index is 1.32. The smallest absolute Gasteiger partial charge is 0.416 e. The van der Waals surface area contributed by atoms with Gasteiger partial charge in [0.2, 0.25) is 0 Å². The number of aliphatic hydroxyl groups excluding tert-OH is 1. The molecule has 0 aliphatic heterocycles. The Morgan fingerprint density at radius 2 is 1.62 bits per heavy atom. The number of rotatable bonds is 7. The molecule has 45 heavy (non-hydrogen) atoms. The highest BCUT2D eigenvalue weighted by Gasteiger charge is 2.30. The van der Waals surface area contributed by atoms with Crippen LogP contribution in [-0.2, 0) is 10.9 Å². The van der Waals surface area contributed by atoms with Crippen molar-refractivity contribution in [3.8, 4) is 0 Å². The number of benzene rings is 3. The lowest BCUT2D eigenvalue weighted by molar-refractivity contribution is -0.137. The summed E-state index contributed by atoms with van der Waals surface area (Å²) in [5.41, 5.74) is 1.08. The lowest BCUT2D eigenvalue weighted by atomic mass is 9.99.